The van der Waals surface area contributed by atoms with Crippen LogP contribution in [-0.4, -0.2) is 39.8 Å². The predicted molar refractivity (Wildman–Crippen MR) is 104 cm³/mol. The zero-order chi connectivity index (χ0) is 18.4. The quantitative estimate of drug-likeness (QED) is 0.714. The lowest BCUT2D eigenvalue weighted by Crippen LogP contribution is -2.39. The molecule has 0 bridgehead atoms. The fraction of sp³-hybridized carbons (Fsp3) is 0.500. The molecule has 1 aromatic carbocycles. The summed E-state index contributed by atoms with van der Waals surface area (Å²) in [6, 6.07) is 6.73. The molecule has 0 aliphatic heterocycles. The number of amides is 1. The summed E-state index contributed by atoms with van der Waals surface area (Å²) in [4.78, 5) is 14.3. The molecule has 1 fully saturated rings. The van der Waals surface area contributed by atoms with Crippen molar-refractivity contribution in [2.24, 2.45) is 0 Å². The van der Waals surface area contributed by atoms with Crippen LogP contribution in [0.1, 0.15) is 37.7 Å². The minimum absolute atomic E-state index is 0.151. The van der Waals surface area contributed by atoms with Gasteiger partial charge in [-0.3, -0.25) is 4.79 Å². The highest BCUT2D eigenvalue weighted by Crippen LogP contribution is 2.27. The Kier molecular flexibility index (Phi) is 6.85. The number of benzene rings is 1. The predicted octanol–water partition coefficient (Wildman–Crippen LogP) is 4.17. The van der Waals surface area contributed by atoms with E-state index in [2.05, 4.69) is 15.5 Å². The number of hydrogen-bond acceptors (Lipinski definition) is 6. The Balaban J connectivity index is 1.44. The molecular formula is C18H23FN4OS2. The smallest absolute Gasteiger partial charge is 0.233 e. The molecule has 1 amide bonds. The number of carbonyl (C=O) groups is 1. The number of nitrogens with one attached hydrogen (secondary N) is 1. The molecule has 1 aromatic heterocycles. The lowest BCUT2D eigenvalue weighted by atomic mass is 9.94. The molecule has 1 saturated carbocycles. The lowest BCUT2D eigenvalue weighted by Gasteiger charge is -2.31. The van der Waals surface area contributed by atoms with E-state index in [0.29, 0.717) is 23.5 Å². The first kappa shape index (κ1) is 19.1. The molecule has 0 atom stereocenters. The molecule has 1 aliphatic rings. The van der Waals surface area contributed by atoms with Crippen LogP contribution in [0.3, 0.4) is 0 Å². The van der Waals surface area contributed by atoms with Crippen molar-refractivity contribution in [2.75, 3.05) is 18.1 Å². The van der Waals surface area contributed by atoms with Gasteiger partial charge < -0.3 is 10.2 Å². The van der Waals surface area contributed by atoms with Crippen molar-refractivity contribution in [2.45, 2.75) is 49.0 Å². The molecule has 0 saturated heterocycles. The molecule has 1 heterocycles. The first-order valence-corrected chi connectivity index (χ1v) is 10.6. The van der Waals surface area contributed by atoms with Crippen LogP contribution in [0.25, 0.3) is 0 Å². The minimum atomic E-state index is -0.244. The number of anilines is 1. The van der Waals surface area contributed by atoms with Crippen LogP contribution in [0.4, 0.5) is 9.52 Å². The first-order chi connectivity index (χ1) is 12.6. The van der Waals surface area contributed by atoms with Crippen molar-refractivity contribution in [3.63, 3.8) is 0 Å². The molecule has 1 N–H and O–H groups in total. The number of hydrogen-bond donors (Lipinski definition) is 1. The van der Waals surface area contributed by atoms with E-state index in [1.165, 1.54) is 54.5 Å². The van der Waals surface area contributed by atoms with Gasteiger partial charge in [0.05, 0.1) is 5.75 Å². The molecule has 0 unspecified atom stereocenters. The SMILES string of the molecule is CN(C(=O)CSc1nnc(NCc2ccc(F)cc2)s1)C1CCCCC1. The third-order valence-corrected chi connectivity index (χ3v) is 6.60. The normalized spacial score (nSPS) is 15.0. The van der Waals surface area contributed by atoms with Crippen molar-refractivity contribution in [1.29, 1.82) is 0 Å². The number of aromatic nitrogens is 2. The van der Waals surface area contributed by atoms with Crippen molar-refractivity contribution in [3.05, 3.63) is 35.6 Å². The average Bonchev–Trinajstić information content (AvgIpc) is 3.13. The standard InChI is InChI=1S/C18H23FN4OS2/c1-23(15-5-3-2-4-6-15)16(24)12-25-18-22-21-17(26-18)20-11-13-7-9-14(19)10-8-13/h7-10,15H,2-6,11-12H2,1H3,(H,20,21). The zero-order valence-electron chi connectivity index (χ0n) is 14.8. The number of nitrogens with zero attached hydrogens (tertiary/aromatic N) is 3. The van der Waals surface area contributed by atoms with Gasteiger partial charge in [0.25, 0.3) is 0 Å². The van der Waals surface area contributed by atoms with E-state index in [4.69, 9.17) is 0 Å². The van der Waals surface area contributed by atoms with E-state index < -0.39 is 0 Å². The van der Waals surface area contributed by atoms with Gasteiger partial charge in [-0.2, -0.15) is 0 Å². The monoisotopic (exact) mass is 394 g/mol. The summed E-state index contributed by atoms with van der Waals surface area (Å²) in [5.41, 5.74) is 0.972. The van der Waals surface area contributed by atoms with Gasteiger partial charge in [0.1, 0.15) is 5.82 Å². The summed E-state index contributed by atoms with van der Waals surface area (Å²) < 4.78 is 13.7. The summed E-state index contributed by atoms with van der Waals surface area (Å²) >= 11 is 2.86. The Bertz CT molecular complexity index is 716. The average molecular weight is 395 g/mol. The van der Waals surface area contributed by atoms with Gasteiger partial charge in [0.15, 0.2) is 4.34 Å². The Labute approximate surface area is 161 Å². The summed E-state index contributed by atoms with van der Waals surface area (Å²) in [7, 11) is 1.91. The van der Waals surface area contributed by atoms with Crippen molar-refractivity contribution in [3.8, 4) is 0 Å². The zero-order valence-corrected chi connectivity index (χ0v) is 16.4. The van der Waals surface area contributed by atoms with E-state index in [-0.39, 0.29) is 11.7 Å². The summed E-state index contributed by atoms with van der Waals surface area (Å²) in [5.74, 6) is 0.295. The van der Waals surface area contributed by atoms with Gasteiger partial charge in [0, 0.05) is 19.6 Å². The molecule has 1 aliphatic carbocycles. The van der Waals surface area contributed by atoms with Gasteiger partial charge in [0.2, 0.25) is 11.0 Å². The van der Waals surface area contributed by atoms with Crippen LogP contribution in [-0.2, 0) is 11.3 Å². The molecule has 2 aromatic rings. The second-order valence-electron chi connectivity index (χ2n) is 6.44. The van der Waals surface area contributed by atoms with E-state index >= 15 is 0 Å². The fourth-order valence-corrected chi connectivity index (χ4v) is 4.69. The van der Waals surface area contributed by atoms with E-state index in [0.717, 1.165) is 22.7 Å². The maximum absolute atomic E-state index is 12.9. The van der Waals surface area contributed by atoms with Crippen molar-refractivity contribution >= 4 is 34.1 Å². The van der Waals surface area contributed by atoms with Crippen LogP contribution in [0, 0.1) is 5.82 Å². The lowest BCUT2D eigenvalue weighted by molar-refractivity contribution is -0.129. The largest absolute Gasteiger partial charge is 0.356 e. The Hall–Kier alpha value is -1.67. The highest BCUT2D eigenvalue weighted by Gasteiger charge is 2.22. The molecule has 0 spiro atoms. The minimum Gasteiger partial charge on any atom is -0.356 e. The maximum atomic E-state index is 12.9. The Morgan fingerprint density at radius 2 is 2.00 bits per heavy atom. The maximum Gasteiger partial charge on any atom is 0.233 e. The topological polar surface area (TPSA) is 58.1 Å². The van der Waals surface area contributed by atoms with Crippen LogP contribution >= 0.6 is 23.1 Å². The summed E-state index contributed by atoms with van der Waals surface area (Å²) in [6.45, 7) is 0.558. The molecule has 8 heteroatoms. The number of rotatable bonds is 7. The molecule has 3 rings (SSSR count). The highest BCUT2D eigenvalue weighted by molar-refractivity contribution is 8.01. The number of thioether (sulfide) groups is 1. The van der Waals surface area contributed by atoms with Crippen molar-refractivity contribution < 1.29 is 9.18 Å². The van der Waals surface area contributed by atoms with Gasteiger partial charge in [-0.15, -0.1) is 10.2 Å². The third kappa shape index (κ3) is 5.41. The van der Waals surface area contributed by atoms with Crippen LogP contribution < -0.4 is 5.32 Å². The van der Waals surface area contributed by atoms with Gasteiger partial charge >= 0.3 is 0 Å². The molecule has 140 valence electrons. The Morgan fingerprint density at radius 3 is 2.73 bits per heavy atom. The van der Waals surface area contributed by atoms with Gasteiger partial charge in [-0.25, -0.2) is 4.39 Å². The fourth-order valence-electron chi connectivity index (χ4n) is 3.02. The molecule has 26 heavy (non-hydrogen) atoms. The second-order valence-corrected chi connectivity index (χ2v) is 8.64. The first-order valence-electron chi connectivity index (χ1n) is 8.82. The molecule has 0 radical (unpaired) electrons. The second kappa shape index (κ2) is 9.32. The number of halogens is 1. The summed E-state index contributed by atoms with van der Waals surface area (Å²) in [5, 5.41) is 12.1. The van der Waals surface area contributed by atoms with Gasteiger partial charge in [-0.1, -0.05) is 54.5 Å². The van der Waals surface area contributed by atoms with Crippen LogP contribution in [0.15, 0.2) is 28.6 Å². The third-order valence-electron chi connectivity index (χ3n) is 4.60. The van der Waals surface area contributed by atoms with E-state index in [1.807, 2.05) is 11.9 Å². The molecular weight excluding hydrogens is 371 g/mol. The highest BCUT2D eigenvalue weighted by atomic mass is 32.2. The summed E-state index contributed by atoms with van der Waals surface area (Å²) in [6.07, 6.45) is 5.95. The van der Waals surface area contributed by atoms with E-state index in [1.54, 1.807) is 12.1 Å². The number of carbonyl (C=O) groups excluding carboxylic acids is 1. The molecule has 5 nitrogen and oxygen atoms in total. The van der Waals surface area contributed by atoms with Crippen molar-refractivity contribution in [1.82, 2.24) is 15.1 Å². The van der Waals surface area contributed by atoms with Gasteiger partial charge in [-0.05, 0) is 30.5 Å². The Morgan fingerprint density at radius 1 is 1.27 bits per heavy atom. The van der Waals surface area contributed by atoms with E-state index in [9.17, 15) is 9.18 Å². The van der Waals surface area contributed by atoms with Crippen LogP contribution in [0.5, 0.6) is 0 Å². The van der Waals surface area contributed by atoms with Crippen LogP contribution in [0.2, 0.25) is 0 Å².